The molecule has 0 fully saturated rings. The molecule has 0 spiro atoms. The monoisotopic (exact) mass is 426 g/mol. The van der Waals surface area contributed by atoms with Gasteiger partial charge in [-0.05, 0) is 37.3 Å². The summed E-state index contributed by atoms with van der Waals surface area (Å²) in [5.41, 5.74) is 0.807. The third kappa shape index (κ3) is 5.29. The number of halogens is 1. The molecular formula is C17H19BrN2O4S. The van der Waals surface area contributed by atoms with Crippen molar-refractivity contribution < 1.29 is 17.9 Å². The maximum atomic E-state index is 12.3. The Morgan fingerprint density at radius 2 is 1.80 bits per heavy atom. The summed E-state index contributed by atoms with van der Waals surface area (Å²) in [6, 6.07) is 12.6. The third-order valence-corrected chi connectivity index (χ3v) is 5.58. The zero-order valence-electron chi connectivity index (χ0n) is 13.8. The van der Waals surface area contributed by atoms with Gasteiger partial charge in [0.2, 0.25) is 15.9 Å². The van der Waals surface area contributed by atoms with Crippen LogP contribution in [0.4, 0.5) is 0 Å². The fourth-order valence-electron chi connectivity index (χ4n) is 2.15. The smallest absolute Gasteiger partial charge is 0.241 e. The Morgan fingerprint density at radius 3 is 2.44 bits per heavy atom. The summed E-state index contributed by atoms with van der Waals surface area (Å²) in [4.78, 5) is 12.3. The van der Waals surface area contributed by atoms with E-state index in [2.05, 4.69) is 26.0 Å². The van der Waals surface area contributed by atoms with Crippen molar-refractivity contribution in [3.63, 3.8) is 0 Å². The fourth-order valence-corrected chi connectivity index (χ4v) is 3.62. The number of carbonyl (C=O) groups excluding carboxylic acids is 1. The number of rotatable bonds is 7. The maximum Gasteiger partial charge on any atom is 0.241 e. The van der Waals surface area contributed by atoms with E-state index in [0.29, 0.717) is 5.75 Å². The quantitative estimate of drug-likeness (QED) is 0.711. The van der Waals surface area contributed by atoms with Crippen LogP contribution in [-0.4, -0.2) is 27.5 Å². The van der Waals surface area contributed by atoms with Gasteiger partial charge in [0, 0.05) is 16.6 Å². The van der Waals surface area contributed by atoms with E-state index >= 15 is 0 Å². The Balaban J connectivity index is 1.99. The number of methoxy groups -OCH3 is 1. The highest BCUT2D eigenvalue weighted by atomic mass is 79.9. The molecule has 0 bridgehead atoms. The van der Waals surface area contributed by atoms with Crippen molar-refractivity contribution in [2.75, 3.05) is 7.11 Å². The predicted molar refractivity (Wildman–Crippen MR) is 98.8 cm³/mol. The van der Waals surface area contributed by atoms with Gasteiger partial charge in [0.25, 0.3) is 0 Å². The lowest BCUT2D eigenvalue weighted by atomic mass is 10.2. The van der Waals surface area contributed by atoms with E-state index in [1.807, 2.05) is 18.2 Å². The molecule has 0 aliphatic heterocycles. The van der Waals surface area contributed by atoms with Gasteiger partial charge >= 0.3 is 0 Å². The summed E-state index contributed by atoms with van der Waals surface area (Å²) in [7, 11) is -2.22. The highest BCUT2D eigenvalue weighted by molar-refractivity contribution is 9.10. The van der Waals surface area contributed by atoms with Gasteiger partial charge in [-0.15, -0.1) is 0 Å². The van der Waals surface area contributed by atoms with Crippen molar-refractivity contribution in [3.05, 3.63) is 58.6 Å². The molecule has 2 N–H and O–H groups in total. The van der Waals surface area contributed by atoms with E-state index in [1.54, 1.807) is 25.3 Å². The van der Waals surface area contributed by atoms with Gasteiger partial charge in [0.1, 0.15) is 5.75 Å². The molecule has 0 unspecified atom stereocenters. The molecule has 134 valence electrons. The number of hydrogen-bond acceptors (Lipinski definition) is 4. The number of ether oxygens (including phenoxy) is 1. The molecule has 8 heteroatoms. The zero-order valence-corrected chi connectivity index (χ0v) is 16.2. The Hall–Kier alpha value is -1.90. The van der Waals surface area contributed by atoms with Gasteiger partial charge in [-0.2, -0.15) is 4.72 Å². The molecule has 0 heterocycles. The molecule has 2 aromatic carbocycles. The van der Waals surface area contributed by atoms with E-state index in [1.165, 1.54) is 19.1 Å². The summed E-state index contributed by atoms with van der Waals surface area (Å²) in [5, 5.41) is 2.70. The lowest BCUT2D eigenvalue weighted by Gasteiger charge is -2.15. The highest BCUT2D eigenvalue weighted by Crippen LogP contribution is 2.17. The van der Waals surface area contributed by atoms with E-state index in [-0.39, 0.29) is 11.4 Å². The Bertz CT molecular complexity index is 838. The molecule has 6 nitrogen and oxygen atoms in total. The topological polar surface area (TPSA) is 84.5 Å². The van der Waals surface area contributed by atoms with Crippen molar-refractivity contribution >= 4 is 31.9 Å². The van der Waals surface area contributed by atoms with Crippen LogP contribution in [0.15, 0.2) is 57.9 Å². The van der Waals surface area contributed by atoms with Gasteiger partial charge < -0.3 is 10.1 Å². The molecular weight excluding hydrogens is 408 g/mol. The number of benzene rings is 2. The number of hydrogen-bond donors (Lipinski definition) is 2. The Kier molecular flexibility index (Phi) is 6.57. The first-order valence-corrected chi connectivity index (χ1v) is 9.78. The number of sulfonamides is 1. The van der Waals surface area contributed by atoms with Crippen LogP contribution < -0.4 is 14.8 Å². The second-order valence-corrected chi connectivity index (χ2v) is 7.96. The predicted octanol–water partition coefficient (Wildman–Crippen LogP) is 2.44. The van der Waals surface area contributed by atoms with Gasteiger partial charge in [-0.3, -0.25) is 4.79 Å². The minimum Gasteiger partial charge on any atom is -0.496 e. The van der Waals surface area contributed by atoms with Crippen LogP contribution in [0.1, 0.15) is 12.5 Å². The molecule has 0 saturated carbocycles. The minimum atomic E-state index is -3.77. The van der Waals surface area contributed by atoms with Crippen molar-refractivity contribution in [1.82, 2.24) is 10.0 Å². The third-order valence-electron chi connectivity index (χ3n) is 3.49. The lowest BCUT2D eigenvalue weighted by molar-refractivity contribution is -0.122. The normalized spacial score (nSPS) is 12.4. The van der Waals surface area contributed by atoms with Crippen LogP contribution in [-0.2, 0) is 21.4 Å². The van der Waals surface area contributed by atoms with Crippen molar-refractivity contribution in [1.29, 1.82) is 0 Å². The Morgan fingerprint density at radius 1 is 1.16 bits per heavy atom. The maximum absolute atomic E-state index is 12.3. The SMILES string of the molecule is COc1ccccc1CNC(=O)[C@H](C)NS(=O)(=O)c1ccc(Br)cc1. The largest absolute Gasteiger partial charge is 0.496 e. The molecule has 0 aromatic heterocycles. The standard InChI is InChI=1S/C17H19BrN2O4S/c1-12(20-25(22,23)15-9-7-14(18)8-10-15)17(21)19-11-13-5-3-4-6-16(13)24-2/h3-10,12,20H,11H2,1-2H3,(H,19,21)/t12-/m0/s1. The van der Waals surface area contributed by atoms with Crippen LogP contribution in [0.3, 0.4) is 0 Å². The molecule has 0 radical (unpaired) electrons. The van der Waals surface area contributed by atoms with E-state index in [4.69, 9.17) is 4.74 Å². The average molecular weight is 427 g/mol. The molecule has 25 heavy (non-hydrogen) atoms. The van der Waals surface area contributed by atoms with E-state index in [9.17, 15) is 13.2 Å². The molecule has 1 atom stereocenters. The fraction of sp³-hybridized carbons (Fsp3) is 0.235. The summed E-state index contributed by atoms with van der Waals surface area (Å²) < 4.78 is 33.0. The zero-order chi connectivity index (χ0) is 18.4. The van der Waals surface area contributed by atoms with Crippen LogP contribution in [0, 0.1) is 0 Å². The van der Waals surface area contributed by atoms with Crippen LogP contribution in [0.25, 0.3) is 0 Å². The van der Waals surface area contributed by atoms with Gasteiger partial charge in [-0.25, -0.2) is 8.42 Å². The van der Waals surface area contributed by atoms with Gasteiger partial charge in [0.05, 0.1) is 18.0 Å². The number of para-hydroxylation sites is 1. The lowest BCUT2D eigenvalue weighted by Crippen LogP contribution is -2.44. The summed E-state index contributed by atoms with van der Waals surface area (Å²) in [6.45, 7) is 1.74. The summed E-state index contributed by atoms with van der Waals surface area (Å²) >= 11 is 3.25. The second-order valence-electron chi connectivity index (χ2n) is 5.33. The van der Waals surface area contributed by atoms with Crippen molar-refractivity contribution in [2.24, 2.45) is 0 Å². The van der Waals surface area contributed by atoms with Crippen molar-refractivity contribution in [3.8, 4) is 5.75 Å². The van der Waals surface area contributed by atoms with E-state index in [0.717, 1.165) is 10.0 Å². The molecule has 2 aromatic rings. The second kappa shape index (κ2) is 8.46. The summed E-state index contributed by atoms with van der Waals surface area (Å²) in [6.07, 6.45) is 0. The first-order valence-electron chi connectivity index (χ1n) is 7.51. The average Bonchev–Trinajstić information content (AvgIpc) is 2.59. The van der Waals surface area contributed by atoms with Gasteiger partial charge in [0.15, 0.2) is 0 Å². The van der Waals surface area contributed by atoms with Crippen LogP contribution in [0.2, 0.25) is 0 Å². The minimum absolute atomic E-state index is 0.0973. The number of nitrogens with one attached hydrogen (secondary N) is 2. The van der Waals surface area contributed by atoms with E-state index < -0.39 is 22.0 Å². The molecule has 0 aliphatic carbocycles. The van der Waals surface area contributed by atoms with Crippen LogP contribution >= 0.6 is 15.9 Å². The van der Waals surface area contributed by atoms with Gasteiger partial charge in [-0.1, -0.05) is 34.1 Å². The Labute approximate surface area is 155 Å². The molecule has 2 rings (SSSR count). The van der Waals surface area contributed by atoms with Crippen molar-refractivity contribution in [2.45, 2.75) is 24.4 Å². The first kappa shape index (κ1) is 19.4. The van der Waals surface area contributed by atoms with Crippen LogP contribution in [0.5, 0.6) is 5.75 Å². The summed E-state index contributed by atoms with van der Waals surface area (Å²) in [5.74, 6) is 0.234. The number of carbonyl (C=O) groups is 1. The molecule has 0 aliphatic rings. The molecule has 0 saturated heterocycles. The highest BCUT2D eigenvalue weighted by Gasteiger charge is 2.22. The first-order chi connectivity index (χ1) is 11.8. The molecule has 1 amide bonds. The number of amides is 1.